The molecule has 0 atom stereocenters. The quantitative estimate of drug-likeness (QED) is 0.683. The second-order valence-corrected chi connectivity index (χ2v) is 8.53. The molecule has 0 aliphatic carbocycles. The average Bonchev–Trinajstić information content (AvgIpc) is 3.21. The summed E-state index contributed by atoms with van der Waals surface area (Å²) in [5, 5.41) is 3.44. The predicted octanol–water partition coefficient (Wildman–Crippen LogP) is 3.89. The van der Waals surface area contributed by atoms with Crippen molar-refractivity contribution in [3.63, 3.8) is 0 Å². The Kier molecular flexibility index (Phi) is 5.47. The fourth-order valence-corrected chi connectivity index (χ4v) is 4.59. The number of aromatic nitrogens is 2. The van der Waals surface area contributed by atoms with Crippen LogP contribution in [0.2, 0.25) is 0 Å². The Morgan fingerprint density at radius 2 is 1.69 bits per heavy atom. The zero-order chi connectivity index (χ0) is 22.1. The van der Waals surface area contributed by atoms with E-state index < -0.39 is 0 Å². The minimum Gasteiger partial charge on any atom is -0.322 e. The molecule has 0 bridgehead atoms. The molecule has 0 unspecified atom stereocenters. The summed E-state index contributed by atoms with van der Waals surface area (Å²) in [6, 6.07) is 12.4. The molecule has 164 valence electrons. The van der Waals surface area contributed by atoms with Crippen molar-refractivity contribution in [1.29, 1.82) is 0 Å². The largest absolute Gasteiger partial charge is 0.322 e. The summed E-state index contributed by atoms with van der Waals surface area (Å²) in [5.41, 5.74) is 2.50. The van der Waals surface area contributed by atoms with Crippen LogP contribution in [0.4, 0.5) is 11.4 Å². The highest BCUT2D eigenvalue weighted by Crippen LogP contribution is 2.23. The maximum atomic E-state index is 13.0. The summed E-state index contributed by atoms with van der Waals surface area (Å²) in [5.74, 6) is 0.687. The van der Waals surface area contributed by atoms with E-state index in [0.29, 0.717) is 35.1 Å². The maximum absolute atomic E-state index is 13.0. The second kappa shape index (κ2) is 8.57. The highest BCUT2D eigenvalue weighted by molar-refractivity contribution is 6.06. The van der Waals surface area contributed by atoms with E-state index in [9.17, 15) is 14.4 Å². The first-order chi connectivity index (χ1) is 15.6. The van der Waals surface area contributed by atoms with Crippen LogP contribution in [0, 0.1) is 0 Å². The zero-order valence-electron chi connectivity index (χ0n) is 18.0. The van der Waals surface area contributed by atoms with Gasteiger partial charge in [-0.3, -0.25) is 19.0 Å². The molecule has 0 radical (unpaired) electrons. The van der Waals surface area contributed by atoms with Gasteiger partial charge in [-0.2, -0.15) is 0 Å². The molecule has 2 aliphatic heterocycles. The molecule has 0 saturated carbocycles. The highest BCUT2D eigenvalue weighted by atomic mass is 16.2. The molecule has 1 fully saturated rings. The van der Waals surface area contributed by atoms with Gasteiger partial charge in [0.2, 0.25) is 5.91 Å². The molecule has 5 rings (SSSR count). The number of rotatable bonds is 3. The topological polar surface area (TPSA) is 84.3 Å². The van der Waals surface area contributed by atoms with Crippen molar-refractivity contribution in [3.8, 4) is 0 Å². The number of carbonyl (C=O) groups excluding carboxylic acids is 2. The average molecular weight is 431 g/mol. The first-order valence-electron chi connectivity index (χ1n) is 11.4. The van der Waals surface area contributed by atoms with Crippen molar-refractivity contribution >= 4 is 34.1 Å². The van der Waals surface area contributed by atoms with E-state index >= 15 is 0 Å². The number of amides is 2. The first kappa shape index (κ1) is 20.4. The van der Waals surface area contributed by atoms with Crippen molar-refractivity contribution in [3.05, 3.63) is 64.2 Å². The number of fused-ring (bicyclic) bond motifs is 2. The van der Waals surface area contributed by atoms with Crippen LogP contribution < -0.4 is 15.8 Å². The number of hydrogen-bond acceptors (Lipinski definition) is 4. The van der Waals surface area contributed by atoms with Crippen molar-refractivity contribution in [2.45, 2.75) is 51.5 Å². The monoisotopic (exact) mass is 430 g/mol. The number of carbonyl (C=O) groups is 2. The summed E-state index contributed by atoms with van der Waals surface area (Å²) in [6.45, 7) is 1.44. The maximum Gasteiger partial charge on any atom is 0.261 e. The highest BCUT2D eigenvalue weighted by Gasteiger charge is 2.21. The molecule has 1 N–H and O–H groups in total. The van der Waals surface area contributed by atoms with Gasteiger partial charge >= 0.3 is 0 Å². The molecule has 2 amide bonds. The van der Waals surface area contributed by atoms with Crippen LogP contribution in [-0.2, 0) is 17.8 Å². The molecule has 1 aromatic heterocycles. The van der Waals surface area contributed by atoms with Crippen molar-refractivity contribution in [1.82, 2.24) is 9.55 Å². The number of hydrogen-bond donors (Lipinski definition) is 1. The Labute approximate surface area is 186 Å². The number of aryl methyl sites for hydroxylation is 1. The number of benzene rings is 2. The Morgan fingerprint density at radius 1 is 0.875 bits per heavy atom. The van der Waals surface area contributed by atoms with Crippen LogP contribution in [0.15, 0.2) is 47.3 Å². The third-order valence-electron chi connectivity index (χ3n) is 6.34. The van der Waals surface area contributed by atoms with E-state index in [1.165, 1.54) is 0 Å². The fraction of sp³-hybridized carbons (Fsp3) is 0.360. The van der Waals surface area contributed by atoms with Crippen LogP contribution in [0.3, 0.4) is 0 Å². The molecule has 0 spiro atoms. The molecule has 3 aromatic rings. The smallest absolute Gasteiger partial charge is 0.261 e. The van der Waals surface area contributed by atoms with E-state index in [2.05, 4.69) is 5.32 Å². The van der Waals surface area contributed by atoms with Gasteiger partial charge in [0.1, 0.15) is 5.82 Å². The van der Waals surface area contributed by atoms with Crippen LogP contribution in [0.1, 0.15) is 54.7 Å². The SMILES string of the molecule is O=C(Nc1ccc(N2CCCC2=O)cc1)c1ccc2c(=O)n3c(nc2c1)CCCCCC3. The van der Waals surface area contributed by atoms with Gasteiger partial charge in [-0.05, 0) is 61.7 Å². The Hall–Kier alpha value is -3.48. The predicted molar refractivity (Wildman–Crippen MR) is 124 cm³/mol. The van der Waals surface area contributed by atoms with E-state index in [1.54, 1.807) is 39.8 Å². The van der Waals surface area contributed by atoms with Gasteiger partial charge in [-0.15, -0.1) is 0 Å². The Balaban J connectivity index is 1.38. The molecule has 3 heterocycles. The fourth-order valence-electron chi connectivity index (χ4n) is 4.59. The molecular weight excluding hydrogens is 404 g/mol. The first-order valence-corrected chi connectivity index (χ1v) is 11.4. The van der Waals surface area contributed by atoms with Crippen molar-refractivity contribution in [2.75, 3.05) is 16.8 Å². The lowest BCUT2D eigenvalue weighted by Crippen LogP contribution is -2.26. The summed E-state index contributed by atoms with van der Waals surface area (Å²) < 4.78 is 1.80. The van der Waals surface area contributed by atoms with Gasteiger partial charge in [0.15, 0.2) is 0 Å². The van der Waals surface area contributed by atoms with Gasteiger partial charge in [0.25, 0.3) is 11.5 Å². The molecular formula is C25H26N4O3. The summed E-state index contributed by atoms with van der Waals surface area (Å²) in [4.78, 5) is 44.2. The Bertz CT molecular complexity index is 1250. The molecule has 2 aromatic carbocycles. The van der Waals surface area contributed by atoms with E-state index in [1.807, 2.05) is 12.1 Å². The van der Waals surface area contributed by atoms with Gasteiger partial charge < -0.3 is 10.2 Å². The minimum atomic E-state index is -0.259. The molecule has 32 heavy (non-hydrogen) atoms. The van der Waals surface area contributed by atoms with Crippen LogP contribution >= 0.6 is 0 Å². The molecule has 7 nitrogen and oxygen atoms in total. The minimum absolute atomic E-state index is 0.0223. The number of anilines is 2. The molecule has 2 aliphatic rings. The van der Waals surface area contributed by atoms with Crippen molar-refractivity contribution in [2.24, 2.45) is 0 Å². The standard InChI is InChI=1S/C25H26N4O3/c30-23-7-5-15-28(23)19-11-9-18(10-12-19)26-24(31)17-8-13-20-21(16-17)27-22-6-3-1-2-4-14-29(22)25(20)32/h8-13,16H,1-7,14-15H2,(H,26,31). The summed E-state index contributed by atoms with van der Waals surface area (Å²) in [7, 11) is 0. The summed E-state index contributed by atoms with van der Waals surface area (Å²) in [6.07, 6.45) is 6.55. The van der Waals surface area contributed by atoms with Crippen LogP contribution in [-0.4, -0.2) is 27.9 Å². The second-order valence-electron chi connectivity index (χ2n) is 8.53. The molecule has 1 saturated heterocycles. The van der Waals surface area contributed by atoms with Crippen LogP contribution in [0.25, 0.3) is 10.9 Å². The van der Waals surface area contributed by atoms with Gasteiger partial charge in [0, 0.05) is 42.9 Å². The van der Waals surface area contributed by atoms with E-state index in [4.69, 9.17) is 4.98 Å². The Morgan fingerprint density at radius 3 is 2.47 bits per heavy atom. The lowest BCUT2D eigenvalue weighted by atomic mass is 10.1. The van der Waals surface area contributed by atoms with E-state index in [0.717, 1.165) is 56.6 Å². The van der Waals surface area contributed by atoms with Crippen LogP contribution in [0.5, 0.6) is 0 Å². The third kappa shape index (κ3) is 3.90. The normalized spacial score (nSPS) is 16.5. The van der Waals surface area contributed by atoms with Gasteiger partial charge in [-0.1, -0.05) is 12.8 Å². The third-order valence-corrected chi connectivity index (χ3v) is 6.34. The van der Waals surface area contributed by atoms with Gasteiger partial charge in [-0.25, -0.2) is 4.98 Å². The zero-order valence-corrected chi connectivity index (χ0v) is 18.0. The lowest BCUT2D eigenvalue weighted by Gasteiger charge is -2.17. The molecule has 7 heteroatoms. The summed E-state index contributed by atoms with van der Waals surface area (Å²) >= 11 is 0. The van der Waals surface area contributed by atoms with E-state index in [-0.39, 0.29) is 17.4 Å². The number of nitrogens with zero attached hydrogens (tertiary/aromatic N) is 3. The number of nitrogens with one attached hydrogen (secondary N) is 1. The van der Waals surface area contributed by atoms with Gasteiger partial charge in [0.05, 0.1) is 10.9 Å². The lowest BCUT2D eigenvalue weighted by molar-refractivity contribution is -0.117. The van der Waals surface area contributed by atoms with Crippen molar-refractivity contribution < 1.29 is 9.59 Å².